The second kappa shape index (κ2) is 6.77. The van der Waals surface area contributed by atoms with Gasteiger partial charge in [0.05, 0.1) is 12.0 Å². The van der Waals surface area contributed by atoms with E-state index in [-0.39, 0.29) is 5.91 Å². The predicted octanol–water partition coefficient (Wildman–Crippen LogP) is 1.87. The van der Waals surface area contributed by atoms with Crippen molar-refractivity contribution in [3.8, 4) is 0 Å². The van der Waals surface area contributed by atoms with Gasteiger partial charge in [-0.15, -0.1) is 0 Å². The zero-order valence-electron chi connectivity index (χ0n) is 13.2. The van der Waals surface area contributed by atoms with Crippen LogP contribution >= 0.6 is 0 Å². The Kier molecular flexibility index (Phi) is 5.25. The Labute approximate surface area is 127 Å². The Bertz CT molecular complexity index is 381. The summed E-state index contributed by atoms with van der Waals surface area (Å²) in [7, 11) is 0. The highest BCUT2D eigenvalue weighted by Gasteiger charge is 2.37. The van der Waals surface area contributed by atoms with Gasteiger partial charge in [0.1, 0.15) is 0 Å². The van der Waals surface area contributed by atoms with Crippen LogP contribution in [0.25, 0.3) is 0 Å². The van der Waals surface area contributed by atoms with E-state index >= 15 is 0 Å². The lowest BCUT2D eigenvalue weighted by Gasteiger charge is -2.36. The molecular weight excluding hydrogens is 268 g/mol. The molecule has 2 aliphatic rings. The minimum atomic E-state index is -0.720. The van der Waals surface area contributed by atoms with Crippen LogP contribution in [0.1, 0.15) is 52.4 Å². The lowest BCUT2D eigenvalue weighted by molar-refractivity contribution is -0.150. The van der Waals surface area contributed by atoms with Gasteiger partial charge in [0, 0.05) is 6.04 Å². The Hall–Kier alpha value is -1.10. The summed E-state index contributed by atoms with van der Waals surface area (Å²) in [6.07, 6.45) is 5.82. The summed E-state index contributed by atoms with van der Waals surface area (Å²) in [4.78, 5) is 25.4. The van der Waals surface area contributed by atoms with Crippen molar-refractivity contribution in [1.82, 2.24) is 10.2 Å². The predicted molar refractivity (Wildman–Crippen MR) is 81.0 cm³/mol. The van der Waals surface area contributed by atoms with Gasteiger partial charge in [0.2, 0.25) is 5.91 Å². The number of nitrogens with zero attached hydrogens (tertiary/aromatic N) is 1. The number of hydrogen-bond acceptors (Lipinski definition) is 3. The van der Waals surface area contributed by atoms with Crippen LogP contribution in [0.4, 0.5) is 0 Å². The van der Waals surface area contributed by atoms with Gasteiger partial charge in [-0.2, -0.15) is 0 Å². The van der Waals surface area contributed by atoms with Gasteiger partial charge in [-0.05, 0) is 64.5 Å². The van der Waals surface area contributed by atoms with Crippen LogP contribution in [0.2, 0.25) is 0 Å². The number of rotatable bonds is 4. The highest BCUT2D eigenvalue weighted by Crippen LogP contribution is 2.30. The fraction of sp³-hybridized carbons (Fsp3) is 0.875. The fourth-order valence-electron chi connectivity index (χ4n) is 3.30. The normalized spacial score (nSPS) is 29.8. The van der Waals surface area contributed by atoms with Crippen molar-refractivity contribution in [2.24, 2.45) is 11.3 Å². The molecule has 1 aliphatic heterocycles. The maximum atomic E-state index is 12.1. The van der Waals surface area contributed by atoms with Crippen LogP contribution in [-0.4, -0.2) is 47.6 Å². The molecule has 120 valence electrons. The molecule has 5 heteroatoms. The number of piperidine rings is 1. The number of amides is 1. The van der Waals surface area contributed by atoms with Crippen molar-refractivity contribution in [2.75, 3.05) is 19.6 Å². The molecule has 1 aliphatic carbocycles. The van der Waals surface area contributed by atoms with E-state index in [4.69, 9.17) is 0 Å². The number of nitrogens with one attached hydrogen (secondary N) is 1. The highest BCUT2D eigenvalue weighted by molar-refractivity contribution is 5.78. The zero-order valence-corrected chi connectivity index (χ0v) is 13.2. The Morgan fingerprint density at radius 3 is 2.29 bits per heavy atom. The van der Waals surface area contributed by atoms with E-state index in [1.165, 1.54) is 12.8 Å². The van der Waals surface area contributed by atoms with E-state index in [1.807, 2.05) is 0 Å². The van der Waals surface area contributed by atoms with Crippen LogP contribution in [-0.2, 0) is 9.59 Å². The van der Waals surface area contributed by atoms with E-state index in [2.05, 4.69) is 17.1 Å². The first-order valence-corrected chi connectivity index (χ1v) is 8.14. The van der Waals surface area contributed by atoms with Crippen molar-refractivity contribution in [3.63, 3.8) is 0 Å². The number of carboxylic acid groups (broad SMARTS) is 1. The molecule has 0 aromatic rings. The second-order valence-corrected chi connectivity index (χ2v) is 7.17. The van der Waals surface area contributed by atoms with E-state index in [1.54, 1.807) is 6.92 Å². The SMILES string of the molecule is CC1CCC(NC(=O)CN2CCC(C)(C(=O)O)CC2)CC1. The number of aliphatic carboxylic acids is 1. The van der Waals surface area contributed by atoms with Crippen molar-refractivity contribution < 1.29 is 14.7 Å². The number of carboxylic acids is 1. The van der Waals surface area contributed by atoms with Gasteiger partial charge < -0.3 is 10.4 Å². The average Bonchev–Trinajstić information content (AvgIpc) is 2.44. The summed E-state index contributed by atoms with van der Waals surface area (Å²) < 4.78 is 0. The molecule has 5 nitrogen and oxygen atoms in total. The molecule has 0 bridgehead atoms. The highest BCUT2D eigenvalue weighted by atomic mass is 16.4. The first-order chi connectivity index (χ1) is 9.89. The lowest BCUT2D eigenvalue weighted by Crippen LogP contribution is -2.48. The third-order valence-electron chi connectivity index (χ3n) is 5.22. The molecule has 1 saturated carbocycles. The molecule has 0 unspecified atom stereocenters. The summed E-state index contributed by atoms with van der Waals surface area (Å²) in [5, 5.41) is 12.3. The zero-order chi connectivity index (χ0) is 15.5. The first kappa shape index (κ1) is 16.3. The first-order valence-electron chi connectivity index (χ1n) is 8.14. The van der Waals surface area contributed by atoms with E-state index < -0.39 is 11.4 Å². The van der Waals surface area contributed by atoms with Crippen molar-refractivity contribution in [3.05, 3.63) is 0 Å². The second-order valence-electron chi connectivity index (χ2n) is 7.17. The van der Waals surface area contributed by atoms with Crippen LogP contribution in [0.3, 0.4) is 0 Å². The molecule has 21 heavy (non-hydrogen) atoms. The quantitative estimate of drug-likeness (QED) is 0.831. The van der Waals surface area contributed by atoms with Gasteiger partial charge in [-0.25, -0.2) is 0 Å². The summed E-state index contributed by atoms with van der Waals surface area (Å²) in [5.74, 6) is 0.158. The molecule has 2 fully saturated rings. The number of carbonyl (C=O) groups is 2. The fourth-order valence-corrected chi connectivity index (χ4v) is 3.30. The van der Waals surface area contributed by atoms with Gasteiger partial charge in [0.15, 0.2) is 0 Å². The van der Waals surface area contributed by atoms with E-state index in [9.17, 15) is 14.7 Å². The van der Waals surface area contributed by atoms with Crippen molar-refractivity contribution in [1.29, 1.82) is 0 Å². The topological polar surface area (TPSA) is 69.6 Å². The van der Waals surface area contributed by atoms with Gasteiger partial charge >= 0.3 is 5.97 Å². The molecule has 0 radical (unpaired) electrons. The summed E-state index contributed by atoms with van der Waals surface area (Å²) >= 11 is 0. The summed E-state index contributed by atoms with van der Waals surface area (Å²) in [6, 6.07) is 0.336. The van der Waals surface area contributed by atoms with Gasteiger partial charge in [0.25, 0.3) is 0 Å². The van der Waals surface area contributed by atoms with Crippen LogP contribution in [0, 0.1) is 11.3 Å². The third kappa shape index (κ3) is 4.43. The van der Waals surface area contributed by atoms with Crippen LogP contribution in [0.5, 0.6) is 0 Å². The third-order valence-corrected chi connectivity index (χ3v) is 5.22. The minimum Gasteiger partial charge on any atom is -0.481 e. The maximum absolute atomic E-state index is 12.1. The molecule has 0 atom stereocenters. The molecule has 1 heterocycles. The molecule has 0 aromatic heterocycles. The minimum absolute atomic E-state index is 0.0912. The molecule has 1 saturated heterocycles. The number of hydrogen-bond donors (Lipinski definition) is 2. The lowest BCUT2D eigenvalue weighted by atomic mass is 9.80. The Balaban J connectivity index is 1.71. The molecule has 2 N–H and O–H groups in total. The largest absolute Gasteiger partial charge is 0.481 e. The molecular formula is C16H28N2O3. The van der Waals surface area contributed by atoms with Gasteiger partial charge in [-0.3, -0.25) is 14.5 Å². The van der Waals surface area contributed by atoms with Crippen LogP contribution < -0.4 is 5.32 Å². The monoisotopic (exact) mass is 296 g/mol. The standard InChI is InChI=1S/C16H28N2O3/c1-12-3-5-13(6-4-12)17-14(19)11-18-9-7-16(2,8-10-18)15(20)21/h12-13H,3-11H2,1-2H3,(H,17,19)(H,20,21). The average molecular weight is 296 g/mol. The molecule has 0 spiro atoms. The van der Waals surface area contributed by atoms with Crippen LogP contribution in [0.15, 0.2) is 0 Å². The smallest absolute Gasteiger partial charge is 0.309 e. The summed E-state index contributed by atoms with van der Waals surface area (Å²) in [5.41, 5.74) is -0.619. The van der Waals surface area contributed by atoms with E-state index in [0.717, 1.165) is 18.8 Å². The van der Waals surface area contributed by atoms with Crippen molar-refractivity contribution >= 4 is 11.9 Å². The van der Waals surface area contributed by atoms with Crippen molar-refractivity contribution in [2.45, 2.75) is 58.4 Å². The molecule has 2 rings (SSSR count). The molecule has 0 aromatic carbocycles. The Morgan fingerprint density at radius 2 is 1.76 bits per heavy atom. The van der Waals surface area contributed by atoms with Gasteiger partial charge in [-0.1, -0.05) is 6.92 Å². The number of likely N-dealkylation sites (tertiary alicyclic amines) is 1. The van der Waals surface area contributed by atoms with E-state index in [0.29, 0.717) is 38.5 Å². The maximum Gasteiger partial charge on any atom is 0.309 e. The summed E-state index contributed by atoms with van der Waals surface area (Å²) in [6.45, 7) is 5.86. The number of carbonyl (C=O) groups excluding carboxylic acids is 1. The Morgan fingerprint density at radius 1 is 1.19 bits per heavy atom. The molecule has 1 amide bonds.